The van der Waals surface area contributed by atoms with Crippen LogP contribution in [0.15, 0.2) is 71.3 Å². The normalized spacial score (nSPS) is 11.4. The molecule has 3 heterocycles. The summed E-state index contributed by atoms with van der Waals surface area (Å²) in [5.74, 6) is 1.74. The number of carbonyl (C=O) groups is 1. The molecule has 5 rings (SSSR count). The van der Waals surface area contributed by atoms with Crippen LogP contribution in [0.1, 0.15) is 15.9 Å². The van der Waals surface area contributed by atoms with E-state index in [0.29, 0.717) is 22.9 Å². The Balaban J connectivity index is 1.65. The third kappa shape index (κ3) is 2.54. The summed E-state index contributed by atoms with van der Waals surface area (Å²) >= 11 is 0. The summed E-state index contributed by atoms with van der Waals surface area (Å²) in [6.45, 7) is 2.19. The van der Waals surface area contributed by atoms with Gasteiger partial charge in [0.25, 0.3) is 0 Å². The zero-order valence-corrected chi connectivity index (χ0v) is 14.7. The van der Waals surface area contributed by atoms with Crippen LogP contribution in [-0.2, 0) is 6.54 Å². The van der Waals surface area contributed by atoms with E-state index in [0.717, 1.165) is 16.6 Å². The summed E-state index contributed by atoms with van der Waals surface area (Å²) in [7, 11) is 0. The Kier molecular flexibility index (Phi) is 3.43. The lowest BCUT2D eigenvalue weighted by atomic mass is 10.1. The summed E-state index contributed by atoms with van der Waals surface area (Å²) in [4.78, 5) is 17.5. The minimum absolute atomic E-state index is 0.0285. The number of benzene rings is 2. The molecule has 2 aromatic carbocycles. The predicted molar refractivity (Wildman–Crippen MR) is 102 cm³/mol. The SMILES string of the molecule is Cc1ccc(C(=O)Cn2c3ccccc3n3nc(-c4ccco4)nc23)cc1. The zero-order valence-electron chi connectivity index (χ0n) is 14.7. The highest BCUT2D eigenvalue weighted by atomic mass is 16.3. The minimum Gasteiger partial charge on any atom is -0.461 e. The van der Waals surface area contributed by atoms with Crippen molar-refractivity contribution in [2.75, 3.05) is 0 Å². The van der Waals surface area contributed by atoms with Crippen LogP contribution in [0.5, 0.6) is 0 Å². The van der Waals surface area contributed by atoms with E-state index in [-0.39, 0.29) is 12.3 Å². The van der Waals surface area contributed by atoms with Gasteiger partial charge in [-0.15, -0.1) is 5.10 Å². The molecule has 0 spiro atoms. The third-order valence-electron chi connectivity index (χ3n) is 4.65. The van der Waals surface area contributed by atoms with E-state index in [1.165, 1.54) is 0 Å². The van der Waals surface area contributed by atoms with Gasteiger partial charge < -0.3 is 8.98 Å². The molecule has 0 saturated heterocycles. The standard InChI is InChI=1S/C21H16N4O2/c1-14-8-10-15(11-9-14)18(26)13-24-16-5-2-3-6-17(16)25-21(24)22-20(23-25)19-7-4-12-27-19/h2-12H,13H2,1H3. The molecule has 0 N–H and O–H groups in total. The van der Waals surface area contributed by atoms with Crippen molar-refractivity contribution in [2.45, 2.75) is 13.5 Å². The Labute approximate surface area is 154 Å². The first-order valence-electron chi connectivity index (χ1n) is 8.68. The molecular weight excluding hydrogens is 340 g/mol. The molecule has 0 aliphatic carbocycles. The van der Waals surface area contributed by atoms with Gasteiger partial charge in [-0.3, -0.25) is 4.79 Å². The van der Waals surface area contributed by atoms with E-state index >= 15 is 0 Å². The monoisotopic (exact) mass is 356 g/mol. The molecule has 132 valence electrons. The molecule has 0 saturated carbocycles. The molecule has 0 radical (unpaired) electrons. The van der Waals surface area contributed by atoms with Crippen LogP contribution in [0.25, 0.3) is 28.4 Å². The van der Waals surface area contributed by atoms with Gasteiger partial charge in [-0.25, -0.2) is 0 Å². The molecule has 0 bridgehead atoms. The number of fused-ring (bicyclic) bond motifs is 3. The third-order valence-corrected chi connectivity index (χ3v) is 4.65. The molecule has 6 nitrogen and oxygen atoms in total. The number of rotatable bonds is 4. The number of ketones is 1. The predicted octanol–water partition coefficient (Wildman–Crippen LogP) is 4.14. The number of hydrogen-bond acceptors (Lipinski definition) is 4. The fraction of sp³-hybridized carbons (Fsp3) is 0.0952. The number of aryl methyl sites for hydroxylation is 1. The number of nitrogens with zero attached hydrogens (tertiary/aromatic N) is 4. The molecule has 0 aliphatic heterocycles. The Bertz CT molecular complexity index is 1260. The van der Waals surface area contributed by atoms with E-state index in [2.05, 4.69) is 10.1 Å². The molecule has 0 atom stereocenters. The van der Waals surface area contributed by atoms with E-state index < -0.39 is 0 Å². The van der Waals surface area contributed by atoms with Gasteiger partial charge in [0.15, 0.2) is 11.5 Å². The van der Waals surface area contributed by atoms with Crippen LogP contribution >= 0.6 is 0 Å². The zero-order chi connectivity index (χ0) is 18.4. The van der Waals surface area contributed by atoms with Crippen molar-refractivity contribution in [3.63, 3.8) is 0 Å². The average molecular weight is 356 g/mol. The number of furan rings is 1. The second kappa shape index (κ2) is 5.95. The Morgan fingerprint density at radius 2 is 1.78 bits per heavy atom. The molecule has 0 amide bonds. The smallest absolute Gasteiger partial charge is 0.234 e. The van der Waals surface area contributed by atoms with Crippen LogP contribution in [0, 0.1) is 6.92 Å². The minimum atomic E-state index is 0.0285. The maximum Gasteiger partial charge on any atom is 0.234 e. The van der Waals surface area contributed by atoms with Crippen molar-refractivity contribution in [3.8, 4) is 11.6 Å². The highest BCUT2D eigenvalue weighted by molar-refractivity contribution is 5.97. The summed E-state index contributed by atoms with van der Waals surface area (Å²) in [5.41, 5.74) is 3.62. The van der Waals surface area contributed by atoms with Crippen molar-refractivity contribution >= 4 is 22.6 Å². The highest BCUT2D eigenvalue weighted by Gasteiger charge is 2.19. The number of imidazole rings is 1. The van der Waals surface area contributed by atoms with Crippen LogP contribution in [0.2, 0.25) is 0 Å². The number of para-hydroxylation sites is 2. The molecule has 6 heteroatoms. The lowest BCUT2D eigenvalue weighted by Gasteiger charge is -2.05. The van der Waals surface area contributed by atoms with Crippen LogP contribution < -0.4 is 0 Å². The van der Waals surface area contributed by atoms with Crippen molar-refractivity contribution in [3.05, 3.63) is 78.1 Å². The van der Waals surface area contributed by atoms with Gasteiger partial charge in [-0.05, 0) is 31.2 Å². The average Bonchev–Trinajstić information content (AvgIpc) is 3.40. The first kappa shape index (κ1) is 15.6. The Morgan fingerprint density at radius 3 is 2.52 bits per heavy atom. The van der Waals surface area contributed by atoms with Gasteiger partial charge >= 0.3 is 0 Å². The van der Waals surface area contributed by atoms with Gasteiger partial charge in [0, 0.05) is 5.56 Å². The lowest BCUT2D eigenvalue weighted by molar-refractivity contribution is 0.0974. The van der Waals surface area contributed by atoms with Crippen molar-refractivity contribution in [1.82, 2.24) is 19.2 Å². The largest absolute Gasteiger partial charge is 0.461 e. The molecule has 27 heavy (non-hydrogen) atoms. The summed E-state index contributed by atoms with van der Waals surface area (Å²) in [5, 5.41) is 4.58. The number of hydrogen-bond donors (Lipinski definition) is 0. The van der Waals surface area contributed by atoms with Gasteiger partial charge in [-0.1, -0.05) is 42.0 Å². The molecule has 0 fully saturated rings. The lowest BCUT2D eigenvalue weighted by Crippen LogP contribution is -2.10. The van der Waals surface area contributed by atoms with E-state index in [9.17, 15) is 4.79 Å². The fourth-order valence-electron chi connectivity index (χ4n) is 3.26. The van der Waals surface area contributed by atoms with Crippen LogP contribution in [0.4, 0.5) is 0 Å². The van der Waals surface area contributed by atoms with Crippen molar-refractivity contribution < 1.29 is 9.21 Å². The number of carbonyl (C=O) groups excluding carboxylic acids is 1. The van der Waals surface area contributed by atoms with Crippen molar-refractivity contribution in [2.24, 2.45) is 0 Å². The Morgan fingerprint density at radius 1 is 1.00 bits per heavy atom. The first-order chi connectivity index (χ1) is 13.2. The molecule has 5 aromatic rings. The van der Waals surface area contributed by atoms with Gasteiger partial charge in [-0.2, -0.15) is 9.50 Å². The maximum absolute atomic E-state index is 12.8. The molecule has 3 aromatic heterocycles. The molecule has 0 aliphatic rings. The van der Waals surface area contributed by atoms with Crippen LogP contribution in [-0.4, -0.2) is 24.9 Å². The van der Waals surface area contributed by atoms with Gasteiger partial charge in [0.1, 0.15) is 0 Å². The quantitative estimate of drug-likeness (QED) is 0.454. The number of Topliss-reactive ketones (excluding diaryl/α,β-unsaturated/α-hetero) is 1. The number of aromatic nitrogens is 4. The van der Waals surface area contributed by atoms with E-state index in [1.807, 2.05) is 66.1 Å². The maximum atomic E-state index is 12.8. The van der Waals surface area contributed by atoms with Crippen LogP contribution in [0.3, 0.4) is 0 Å². The van der Waals surface area contributed by atoms with Crippen molar-refractivity contribution in [1.29, 1.82) is 0 Å². The topological polar surface area (TPSA) is 65.3 Å². The second-order valence-electron chi connectivity index (χ2n) is 6.49. The Hall–Kier alpha value is -3.67. The van der Waals surface area contributed by atoms with Gasteiger partial charge in [0.2, 0.25) is 11.6 Å². The van der Waals surface area contributed by atoms with E-state index in [4.69, 9.17) is 4.42 Å². The molecule has 0 unspecified atom stereocenters. The summed E-state index contributed by atoms with van der Waals surface area (Å²) in [6, 6.07) is 19.1. The second-order valence-corrected chi connectivity index (χ2v) is 6.49. The molecular formula is C21H16N4O2. The first-order valence-corrected chi connectivity index (χ1v) is 8.68. The van der Waals surface area contributed by atoms with E-state index in [1.54, 1.807) is 16.8 Å². The highest BCUT2D eigenvalue weighted by Crippen LogP contribution is 2.24. The summed E-state index contributed by atoms with van der Waals surface area (Å²) in [6.07, 6.45) is 1.59. The fourth-order valence-corrected chi connectivity index (χ4v) is 3.26. The summed E-state index contributed by atoms with van der Waals surface area (Å²) < 4.78 is 9.08. The van der Waals surface area contributed by atoms with Gasteiger partial charge in [0.05, 0.1) is 23.8 Å².